The fourth-order valence-electron chi connectivity index (χ4n) is 4.41. The van der Waals surface area contributed by atoms with E-state index in [4.69, 9.17) is 4.74 Å². The molecule has 0 amide bonds. The van der Waals surface area contributed by atoms with Crippen molar-refractivity contribution < 1.29 is 9.84 Å². The summed E-state index contributed by atoms with van der Waals surface area (Å²) in [5.74, 6) is -0.0286. The Bertz CT molecular complexity index is 732. The maximum absolute atomic E-state index is 10.9. The number of ether oxygens (including phenoxy) is 1. The molecule has 0 unspecified atom stereocenters. The number of rotatable bonds is 1. The molecule has 2 aromatic rings. The fourth-order valence-corrected chi connectivity index (χ4v) is 4.41. The Morgan fingerprint density at radius 3 is 2.55 bits per heavy atom. The van der Waals surface area contributed by atoms with Crippen LogP contribution in [0.2, 0.25) is 0 Å². The predicted molar refractivity (Wildman–Crippen MR) is 84.5 cm³/mol. The second-order valence-corrected chi connectivity index (χ2v) is 7.50. The smallest absolute Gasteiger partial charge is 0.0956 e. The molecular formula is C18H22N2O2. The summed E-state index contributed by atoms with van der Waals surface area (Å²) in [6, 6.07) is 8.45. The van der Waals surface area contributed by atoms with Gasteiger partial charge in [-0.1, -0.05) is 24.3 Å². The zero-order chi connectivity index (χ0) is 15.7. The summed E-state index contributed by atoms with van der Waals surface area (Å²) in [6.45, 7) is 8.09. The Labute approximate surface area is 130 Å². The molecule has 1 aromatic heterocycles. The van der Waals surface area contributed by atoms with E-state index in [1.165, 1.54) is 11.1 Å². The molecule has 4 rings (SSSR count). The van der Waals surface area contributed by atoms with E-state index in [1.54, 1.807) is 0 Å². The van der Waals surface area contributed by atoms with Gasteiger partial charge >= 0.3 is 0 Å². The number of benzene rings is 1. The van der Waals surface area contributed by atoms with Crippen LogP contribution in [0.25, 0.3) is 11.3 Å². The Balaban J connectivity index is 1.90. The maximum atomic E-state index is 10.9. The highest BCUT2D eigenvalue weighted by Gasteiger charge is 2.58. The molecule has 22 heavy (non-hydrogen) atoms. The molecule has 4 nitrogen and oxygen atoms in total. The minimum atomic E-state index is -0.549. The van der Waals surface area contributed by atoms with Gasteiger partial charge in [-0.2, -0.15) is 0 Å². The molecule has 1 N–H and O–H groups in total. The third-order valence-corrected chi connectivity index (χ3v) is 5.24. The van der Waals surface area contributed by atoms with Crippen LogP contribution in [-0.4, -0.2) is 32.0 Å². The quantitative estimate of drug-likeness (QED) is 0.880. The lowest BCUT2D eigenvalue weighted by Crippen LogP contribution is -2.40. The van der Waals surface area contributed by atoms with E-state index in [1.807, 2.05) is 26.4 Å². The molecule has 4 heteroatoms. The second-order valence-electron chi connectivity index (χ2n) is 7.50. The van der Waals surface area contributed by atoms with Crippen LogP contribution in [0.3, 0.4) is 0 Å². The summed E-state index contributed by atoms with van der Waals surface area (Å²) in [5, 5.41) is 10.9. The van der Waals surface area contributed by atoms with Crippen molar-refractivity contribution in [1.82, 2.24) is 9.55 Å². The number of hydrogen-bond donors (Lipinski definition) is 1. The highest BCUT2D eigenvalue weighted by molar-refractivity contribution is 5.69. The molecular weight excluding hydrogens is 276 g/mol. The minimum Gasteiger partial charge on any atom is -0.390 e. The van der Waals surface area contributed by atoms with Crippen molar-refractivity contribution in [2.24, 2.45) is 5.92 Å². The van der Waals surface area contributed by atoms with Gasteiger partial charge in [0.05, 0.1) is 41.6 Å². The number of aliphatic hydroxyl groups excluding tert-OH is 1. The van der Waals surface area contributed by atoms with Crippen molar-refractivity contribution in [2.45, 2.75) is 51.0 Å². The number of imidazole rings is 1. The van der Waals surface area contributed by atoms with Crippen LogP contribution in [0.5, 0.6) is 0 Å². The zero-order valence-electron chi connectivity index (χ0n) is 13.4. The van der Waals surface area contributed by atoms with E-state index in [0.29, 0.717) is 0 Å². The Hall–Kier alpha value is -1.65. The van der Waals surface area contributed by atoms with Gasteiger partial charge in [0.2, 0.25) is 0 Å². The van der Waals surface area contributed by atoms with Crippen molar-refractivity contribution in [2.75, 3.05) is 0 Å². The van der Waals surface area contributed by atoms with Gasteiger partial charge in [-0.15, -0.1) is 0 Å². The van der Waals surface area contributed by atoms with Gasteiger partial charge in [-0.3, -0.25) is 0 Å². The maximum Gasteiger partial charge on any atom is 0.0956 e. The topological polar surface area (TPSA) is 47.3 Å². The Kier molecular flexibility index (Phi) is 2.67. The molecule has 1 fully saturated rings. The SMILES string of the molecule is CC1(C)OC(C)(C)[C@@H](O)[C@H]1[C@H]1c2ccccc2-c2cncn21. The molecule has 0 saturated carbocycles. The first kappa shape index (κ1) is 14.0. The molecule has 1 aromatic carbocycles. The van der Waals surface area contributed by atoms with E-state index in [2.05, 4.69) is 47.7 Å². The Morgan fingerprint density at radius 1 is 1.14 bits per heavy atom. The third-order valence-electron chi connectivity index (χ3n) is 5.24. The van der Waals surface area contributed by atoms with Crippen LogP contribution >= 0.6 is 0 Å². The third kappa shape index (κ3) is 1.68. The molecule has 0 bridgehead atoms. The van der Waals surface area contributed by atoms with Crippen molar-refractivity contribution >= 4 is 0 Å². The second kappa shape index (κ2) is 4.21. The monoisotopic (exact) mass is 298 g/mol. The van der Waals surface area contributed by atoms with Gasteiger partial charge in [0, 0.05) is 11.5 Å². The molecule has 0 spiro atoms. The molecule has 116 valence electrons. The summed E-state index contributed by atoms with van der Waals surface area (Å²) in [4.78, 5) is 4.31. The van der Waals surface area contributed by atoms with Crippen LogP contribution in [0.1, 0.15) is 39.3 Å². The van der Waals surface area contributed by atoms with E-state index >= 15 is 0 Å². The molecule has 3 heterocycles. The lowest BCUT2D eigenvalue weighted by atomic mass is 9.77. The summed E-state index contributed by atoms with van der Waals surface area (Å²) in [6.07, 6.45) is 3.24. The van der Waals surface area contributed by atoms with Gasteiger partial charge in [-0.05, 0) is 33.3 Å². The first-order chi connectivity index (χ1) is 10.3. The normalized spacial score (nSPS) is 31.0. The number of nitrogens with zero attached hydrogens (tertiary/aromatic N) is 2. The minimum absolute atomic E-state index is 0.0286. The average molecular weight is 298 g/mol. The predicted octanol–water partition coefficient (Wildman–Crippen LogP) is 3.02. The van der Waals surface area contributed by atoms with Gasteiger partial charge in [-0.25, -0.2) is 4.98 Å². The van der Waals surface area contributed by atoms with Crippen LogP contribution in [0.15, 0.2) is 36.8 Å². The molecule has 0 aliphatic carbocycles. The first-order valence-electron chi connectivity index (χ1n) is 7.82. The van der Waals surface area contributed by atoms with Crippen molar-refractivity contribution in [3.05, 3.63) is 42.4 Å². The van der Waals surface area contributed by atoms with Crippen LogP contribution in [-0.2, 0) is 4.74 Å². The Morgan fingerprint density at radius 2 is 1.86 bits per heavy atom. The van der Waals surface area contributed by atoms with Crippen LogP contribution in [0, 0.1) is 5.92 Å². The van der Waals surface area contributed by atoms with Gasteiger partial charge in [0.25, 0.3) is 0 Å². The molecule has 2 aliphatic heterocycles. The lowest BCUT2D eigenvalue weighted by molar-refractivity contribution is -0.0915. The molecule has 1 saturated heterocycles. The summed E-state index contributed by atoms with van der Waals surface area (Å²) < 4.78 is 8.38. The van der Waals surface area contributed by atoms with Crippen molar-refractivity contribution in [3.63, 3.8) is 0 Å². The van der Waals surface area contributed by atoms with E-state index in [-0.39, 0.29) is 12.0 Å². The van der Waals surface area contributed by atoms with Gasteiger partial charge in [0.15, 0.2) is 0 Å². The number of fused-ring (bicyclic) bond motifs is 3. The summed E-state index contributed by atoms with van der Waals surface area (Å²) in [7, 11) is 0. The van der Waals surface area contributed by atoms with Gasteiger partial charge < -0.3 is 14.4 Å². The highest BCUT2D eigenvalue weighted by Crippen LogP contribution is 2.53. The molecule has 2 aliphatic rings. The van der Waals surface area contributed by atoms with E-state index < -0.39 is 17.3 Å². The number of aromatic nitrogens is 2. The number of hydrogen-bond acceptors (Lipinski definition) is 3. The van der Waals surface area contributed by atoms with Gasteiger partial charge in [0.1, 0.15) is 0 Å². The van der Waals surface area contributed by atoms with Crippen LogP contribution < -0.4 is 0 Å². The largest absolute Gasteiger partial charge is 0.390 e. The van der Waals surface area contributed by atoms with Crippen LogP contribution in [0.4, 0.5) is 0 Å². The van der Waals surface area contributed by atoms with E-state index in [9.17, 15) is 5.11 Å². The molecule has 3 atom stereocenters. The first-order valence-corrected chi connectivity index (χ1v) is 7.82. The van der Waals surface area contributed by atoms with Crippen molar-refractivity contribution in [1.29, 1.82) is 0 Å². The summed E-state index contributed by atoms with van der Waals surface area (Å²) in [5.41, 5.74) is 2.61. The van der Waals surface area contributed by atoms with E-state index in [0.717, 1.165) is 5.69 Å². The highest BCUT2D eigenvalue weighted by atomic mass is 16.5. The zero-order valence-corrected chi connectivity index (χ0v) is 13.4. The number of aliphatic hydroxyl groups is 1. The van der Waals surface area contributed by atoms with Crippen molar-refractivity contribution in [3.8, 4) is 11.3 Å². The molecule has 0 radical (unpaired) electrons. The average Bonchev–Trinajstić information content (AvgIpc) is 3.04. The lowest BCUT2D eigenvalue weighted by Gasteiger charge is -2.33. The standard InChI is InChI=1S/C18H22N2O2/c1-17(2)14(16(21)18(3,4)22-17)15-12-8-6-5-7-11(12)13-9-19-10-20(13)15/h5-10,14-16,21H,1-4H3/t14-,15-,16+/m1/s1. The summed E-state index contributed by atoms with van der Waals surface area (Å²) >= 11 is 0. The fraction of sp³-hybridized carbons (Fsp3) is 0.500.